The molecule has 2 rings (SSSR count). The first-order chi connectivity index (χ1) is 6.36. The summed E-state index contributed by atoms with van der Waals surface area (Å²) >= 11 is 1.21. The number of nitrogens with zero attached hydrogens (tertiary/aromatic N) is 3. The van der Waals surface area contributed by atoms with E-state index in [1.165, 1.54) is 23.9 Å². The van der Waals surface area contributed by atoms with Crippen LogP contribution in [0.15, 0.2) is 18.0 Å². The summed E-state index contributed by atoms with van der Waals surface area (Å²) in [7, 11) is 0. The van der Waals surface area contributed by atoms with Crippen molar-refractivity contribution in [1.29, 1.82) is 0 Å². The van der Waals surface area contributed by atoms with E-state index in [1.807, 2.05) is 0 Å². The zero-order valence-electron chi connectivity index (χ0n) is 6.30. The molecule has 0 aliphatic rings. The quantitative estimate of drug-likeness (QED) is 0.706. The normalized spacial score (nSPS) is 9.85. The van der Waals surface area contributed by atoms with Gasteiger partial charge in [-0.1, -0.05) is 0 Å². The molecule has 0 amide bonds. The zero-order valence-corrected chi connectivity index (χ0v) is 7.11. The molecule has 6 nitrogen and oxygen atoms in total. The van der Waals surface area contributed by atoms with E-state index < -0.39 is 5.97 Å². The highest BCUT2D eigenvalue weighted by molar-refractivity contribution is 7.11. The third-order valence-electron chi connectivity index (χ3n) is 1.22. The Kier molecular flexibility index (Phi) is 2.01. The number of hydrogen-bond acceptors (Lipinski definition) is 6. The first-order valence-electron chi connectivity index (χ1n) is 3.32. The summed E-state index contributed by atoms with van der Waals surface area (Å²) in [5.41, 5.74) is 1.55. The molecule has 0 saturated heterocycles. The van der Waals surface area contributed by atoms with Crippen molar-refractivity contribution >= 4 is 17.3 Å². The summed E-state index contributed by atoms with van der Waals surface area (Å²) in [6.07, 6.45) is 2.69. The van der Waals surface area contributed by atoms with E-state index >= 15 is 0 Å². The number of carbonyl (C=O) groups excluding carboxylic acids is 1. The minimum Gasteiger partial charge on any atom is -0.387 e. The smallest absolute Gasteiger partial charge is 0.357 e. The van der Waals surface area contributed by atoms with Gasteiger partial charge in [0, 0.05) is 0 Å². The topological polar surface area (TPSA) is 80.8 Å². The van der Waals surface area contributed by atoms with Gasteiger partial charge in [-0.05, 0) is 0 Å². The monoisotopic (exact) mass is 196 g/mol. The van der Waals surface area contributed by atoms with E-state index in [4.69, 9.17) is 4.74 Å². The fourth-order valence-corrected chi connectivity index (χ4v) is 1.19. The van der Waals surface area contributed by atoms with Crippen molar-refractivity contribution in [3.05, 3.63) is 22.9 Å². The number of hydrogen-bond donors (Lipinski definition) is 1. The molecule has 66 valence electrons. The fourth-order valence-electron chi connectivity index (χ4n) is 0.698. The van der Waals surface area contributed by atoms with Crippen molar-refractivity contribution in [3.63, 3.8) is 0 Å². The van der Waals surface area contributed by atoms with Crippen LogP contribution in [-0.4, -0.2) is 26.1 Å². The van der Waals surface area contributed by atoms with Crippen LogP contribution in [0.5, 0.6) is 6.01 Å². The van der Waals surface area contributed by atoms with Gasteiger partial charge in [0.05, 0.1) is 11.7 Å². The maximum Gasteiger partial charge on any atom is 0.357 e. The number of esters is 1. The molecule has 0 aromatic carbocycles. The molecule has 0 atom stereocenters. The van der Waals surface area contributed by atoms with Crippen LogP contribution in [0, 0.1) is 0 Å². The maximum absolute atomic E-state index is 11.2. The lowest BCUT2D eigenvalue weighted by Gasteiger charge is -1.94. The molecular formula is C6H4N4O2S. The number of H-pyrrole nitrogens is 1. The Balaban J connectivity index is 2.08. The van der Waals surface area contributed by atoms with Crippen LogP contribution in [0.2, 0.25) is 0 Å². The second kappa shape index (κ2) is 3.31. The number of thiazole rings is 1. The minimum absolute atomic E-state index is 0.0819. The summed E-state index contributed by atoms with van der Waals surface area (Å²) in [5, 5.41) is 5.94. The van der Waals surface area contributed by atoms with Gasteiger partial charge < -0.3 is 4.74 Å². The van der Waals surface area contributed by atoms with Crippen molar-refractivity contribution in [2.45, 2.75) is 0 Å². The van der Waals surface area contributed by atoms with Gasteiger partial charge in [-0.3, -0.25) is 4.98 Å². The minimum atomic E-state index is -0.487. The van der Waals surface area contributed by atoms with Crippen LogP contribution in [0.1, 0.15) is 9.67 Å². The van der Waals surface area contributed by atoms with Crippen molar-refractivity contribution in [2.24, 2.45) is 0 Å². The second-order valence-corrected chi connectivity index (χ2v) is 2.93. The highest BCUT2D eigenvalue weighted by atomic mass is 32.1. The third-order valence-corrected chi connectivity index (χ3v) is 1.97. The van der Waals surface area contributed by atoms with E-state index in [-0.39, 0.29) is 6.01 Å². The van der Waals surface area contributed by atoms with Crippen LogP contribution in [-0.2, 0) is 0 Å². The highest BCUT2D eigenvalue weighted by Gasteiger charge is 2.11. The average Bonchev–Trinajstić information content (AvgIpc) is 2.74. The molecule has 0 saturated carbocycles. The number of carbonyl (C=O) groups is 1. The fraction of sp³-hybridized carbons (Fsp3) is 0. The lowest BCUT2D eigenvalue weighted by atomic mass is 10.6. The standard InChI is InChI=1S/C6H4N4O2S/c11-5(4-1-7-3-13-4)12-6-8-2-9-10-6/h1-3H,(H,8,9,10). The van der Waals surface area contributed by atoms with Gasteiger partial charge >= 0.3 is 12.0 Å². The number of rotatable bonds is 2. The Hall–Kier alpha value is -1.76. The second-order valence-electron chi connectivity index (χ2n) is 2.05. The number of aromatic amines is 1. The molecule has 7 heteroatoms. The average molecular weight is 196 g/mol. The van der Waals surface area contributed by atoms with E-state index in [9.17, 15) is 4.79 Å². The van der Waals surface area contributed by atoms with Gasteiger partial charge in [-0.25, -0.2) is 9.89 Å². The first kappa shape index (κ1) is 7.87. The van der Waals surface area contributed by atoms with Gasteiger partial charge in [-0.15, -0.1) is 11.3 Å². The van der Waals surface area contributed by atoms with Crippen molar-refractivity contribution in [2.75, 3.05) is 0 Å². The predicted octanol–water partition coefficient (Wildman–Crippen LogP) is 0.480. The molecule has 2 aromatic heterocycles. The third kappa shape index (κ3) is 1.70. The summed E-state index contributed by atoms with van der Waals surface area (Å²) in [6, 6.07) is 0.0819. The molecule has 0 aliphatic carbocycles. The summed E-state index contributed by atoms with van der Waals surface area (Å²) in [5.74, 6) is -0.487. The van der Waals surface area contributed by atoms with Gasteiger partial charge in [0.25, 0.3) is 0 Å². The van der Waals surface area contributed by atoms with Crippen LogP contribution >= 0.6 is 11.3 Å². The van der Waals surface area contributed by atoms with E-state index in [0.29, 0.717) is 4.88 Å². The number of ether oxygens (including phenoxy) is 1. The SMILES string of the molecule is O=C(Oc1ncn[nH]1)c1cncs1. The van der Waals surface area contributed by atoms with E-state index in [1.54, 1.807) is 5.51 Å². The predicted molar refractivity (Wildman–Crippen MR) is 43.5 cm³/mol. The largest absolute Gasteiger partial charge is 0.387 e. The van der Waals surface area contributed by atoms with Crippen LogP contribution in [0.25, 0.3) is 0 Å². The van der Waals surface area contributed by atoms with Crippen molar-refractivity contribution in [3.8, 4) is 6.01 Å². The molecule has 0 aliphatic heterocycles. The zero-order chi connectivity index (χ0) is 9.10. The van der Waals surface area contributed by atoms with Crippen molar-refractivity contribution in [1.82, 2.24) is 20.2 Å². The summed E-state index contributed by atoms with van der Waals surface area (Å²) < 4.78 is 4.80. The van der Waals surface area contributed by atoms with Crippen molar-refractivity contribution < 1.29 is 9.53 Å². The Morgan fingerprint density at radius 2 is 2.54 bits per heavy atom. The molecule has 0 spiro atoms. The molecule has 1 N–H and O–H groups in total. The molecule has 13 heavy (non-hydrogen) atoms. The molecule has 2 heterocycles. The van der Waals surface area contributed by atoms with E-state index in [0.717, 1.165) is 0 Å². The summed E-state index contributed by atoms with van der Waals surface area (Å²) in [4.78, 5) is 19.0. The lowest BCUT2D eigenvalue weighted by Crippen LogP contribution is -2.07. The van der Waals surface area contributed by atoms with Gasteiger partial charge in [0.15, 0.2) is 0 Å². The molecule has 0 bridgehead atoms. The van der Waals surface area contributed by atoms with Crippen LogP contribution in [0.3, 0.4) is 0 Å². The number of aromatic nitrogens is 4. The molecule has 2 aromatic rings. The van der Waals surface area contributed by atoms with Gasteiger partial charge in [-0.2, -0.15) is 10.1 Å². The Morgan fingerprint density at radius 3 is 3.15 bits per heavy atom. The van der Waals surface area contributed by atoms with E-state index in [2.05, 4.69) is 20.2 Å². The first-order valence-corrected chi connectivity index (χ1v) is 4.20. The number of nitrogens with one attached hydrogen (secondary N) is 1. The Morgan fingerprint density at radius 1 is 1.62 bits per heavy atom. The Bertz CT molecular complexity index is 383. The maximum atomic E-state index is 11.2. The molecule has 0 unspecified atom stereocenters. The molecule has 0 fully saturated rings. The lowest BCUT2D eigenvalue weighted by molar-refractivity contribution is 0.0725. The highest BCUT2D eigenvalue weighted by Crippen LogP contribution is 2.08. The summed E-state index contributed by atoms with van der Waals surface area (Å²) in [6.45, 7) is 0. The van der Waals surface area contributed by atoms with Crippen LogP contribution < -0.4 is 4.74 Å². The van der Waals surface area contributed by atoms with Gasteiger partial charge in [0.2, 0.25) is 0 Å². The molecule has 0 radical (unpaired) electrons. The molecular weight excluding hydrogens is 192 g/mol. The van der Waals surface area contributed by atoms with Crippen LogP contribution in [0.4, 0.5) is 0 Å². The van der Waals surface area contributed by atoms with Gasteiger partial charge in [0.1, 0.15) is 11.2 Å². The Labute approximate surface area is 76.6 Å².